The van der Waals surface area contributed by atoms with Gasteiger partial charge in [0.25, 0.3) is 0 Å². The molecule has 0 rings (SSSR count). The summed E-state index contributed by atoms with van der Waals surface area (Å²) in [5.41, 5.74) is 0. The second-order valence-electron chi connectivity index (χ2n) is 19.9. The second kappa shape index (κ2) is 55.4. The summed E-state index contributed by atoms with van der Waals surface area (Å²) in [6.45, 7) is 4.54. The van der Waals surface area contributed by atoms with Gasteiger partial charge < -0.3 is 33.3 Å². The molecule has 75 heavy (non-hydrogen) atoms. The van der Waals surface area contributed by atoms with Gasteiger partial charge >= 0.3 is 11.9 Å². The van der Waals surface area contributed by atoms with E-state index in [1.807, 2.05) is 21.1 Å². The maximum absolute atomic E-state index is 12.8. The largest absolute Gasteiger partial charge is 0.545 e. The van der Waals surface area contributed by atoms with Crippen LogP contribution in [0.2, 0.25) is 0 Å². The van der Waals surface area contributed by atoms with Crippen LogP contribution in [0, 0.1) is 0 Å². The van der Waals surface area contributed by atoms with Gasteiger partial charge in [0.1, 0.15) is 13.2 Å². The number of unbranched alkanes of at least 4 members (excludes halogenated alkanes) is 12. The Labute approximate surface area is 458 Å². The molecule has 2 unspecified atom stereocenters. The number of nitrogens with zero attached hydrogens (tertiary/aromatic N) is 1. The normalized spacial score (nSPS) is 13.9. The molecule has 0 radical (unpaired) electrons. The van der Waals surface area contributed by atoms with Crippen LogP contribution in [0.15, 0.2) is 146 Å². The van der Waals surface area contributed by atoms with Gasteiger partial charge in [-0.2, -0.15) is 0 Å². The van der Waals surface area contributed by atoms with E-state index < -0.39 is 24.3 Å². The fourth-order valence-corrected chi connectivity index (χ4v) is 7.16. The van der Waals surface area contributed by atoms with Gasteiger partial charge in [-0.3, -0.25) is 9.59 Å². The molecule has 0 N–H and O–H groups in total. The van der Waals surface area contributed by atoms with Crippen LogP contribution in [0.5, 0.6) is 0 Å². The maximum Gasteiger partial charge on any atom is 0.306 e. The van der Waals surface area contributed by atoms with Gasteiger partial charge in [0.2, 0.25) is 0 Å². The Balaban J connectivity index is 4.27. The zero-order valence-electron chi connectivity index (χ0n) is 47.9. The molecular weight excluding hydrogens is 935 g/mol. The highest BCUT2D eigenvalue weighted by molar-refractivity contribution is 5.70. The highest BCUT2D eigenvalue weighted by Gasteiger charge is 2.21. The summed E-state index contributed by atoms with van der Waals surface area (Å²) in [6.07, 6.45) is 77.7. The molecule has 9 nitrogen and oxygen atoms in total. The molecular formula is C66H105NO8. The maximum atomic E-state index is 12.8. The van der Waals surface area contributed by atoms with Gasteiger partial charge in [-0.1, -0.05) is 224 Å². The van der Waals surface area contributed by atoms with Crippen molar-refractivity contribution in [2.24, 2.45) is 0 Å². The quantitative estimate of drug-likeness (QED) is 0.0195. The number of esters is 2. The van der Waals surface area contributed by atoms with E-state index in [9.17, 15) is 19.5 Å². The van der Waals surface area contributed by atoms with Crippen LogP contribution in [-0.4, -0.2) is 82.3 Å². The second-order valence-corrected chi connectivity index (χ2v) is 19.9. The van der Waals surface area contributed by atoms with E-state index in [1.165, 1.54) is 51.4 Å². The molecule has 0 aliphatic carbocycles. The highest BCUT2D eigenvalue weighted by atomic mass is 16.7. The molecule has 0 amide bonds. The van der Waals surface area contributed by atoms with Gasteiger partial charge in [0.15, 0.2) is 12.4 Å². The molecule has 422 valence electrons. The number of rotatable bonds is 51. The van der Waals surface area contributed by atoms with Crippen LogP contribution < -0.4 is 5.11 Å². The molecule has 0 aromatic rings. The Hall–Kier alpha value is -4.83. The van der Waals surface area contributed by atoms with Gasteiger partial charge in [0.05, 0.1) is 40.3 Å². The third-order valence-corrected chi connectivity index (χ3v) is 11.6. The predicted octanol–water partition coefficient (Wildman–Crippen LogP) is 15.9. The minimum Gasteiger partial charge on any atom is -0.545 e. The average molecular weight is 1040 g/mol. The lowest BCUT2D eigenvalue weighted by molar-refractivity contribution is -0.870. The van der Waals surface area contributed by atoms with Crippen molar-refractivity contribution in [3.63, 3.8) is 0 Å². The Morgan fingerprint density at radius 1 is 0.413 bits per heavy atom. The number of hydrogen-bond donors (Lipinski definition) is 0. The first-order chi connectivity index (χ1) is 36.6. The van der Waals surface area contributed by atoms with E-state index in [-0.39, 0.29) is 38.6 Å². The van der Waals surface area contributed by atoms with Crippen molar-refractivity contribution in [1.82, 2.24) is 0 Å². The van der Waals surface area contributed by atoms with Crippen molar-refractivity contribution in [3.05, 3.63) is 146 Å². The van der Waals surface area contributed by atoms with Crippen LogP contribution in [0.25, 0.3) is 0 Å². The van der Waals surface area contributed by atoms with Gasteiger partial charge in [-0.25, -0.2) is 0 Å². The highest BCUT2D eigenvalue weighted by Crippen LogP contribution is 2.13. The third-order valence-electron chi connectivity index (χ3n) is 11.6. The van der Waals surface area contributed by atoms with Gasteiger partial charge in [0, 0.05) is 12.8 Å². The summed E-state index contributed by atoms with van der Waals surface area (Å²) in [4.78, 5) is 37.1. The van der Waals surface area contributed by atoms with E-state index in [0.29, 0.717) is 17.4 Å². The lowest BCUT2D eigenvalue weighted by Crippen LogP contribution is -2.44. The minimum atomic E-state index is -1.64. The van der Waals surface area contributed by atoms with Crippen molar-refractivity contribution in [2.45, 2.75) is 206 Å². The number of quaternary nitrogens is 1. The molecule has 0 aromatic carbocycles. The predicted molar refractivity (Wildman–Crippen MR) is 315 cm³/mol. The van der Waals surface area contributed by atoms with Crippen LogP contribution >= 0.6 is 0 Å². The van der Waals surface area contributed by atoms with Crippen LogP contribution in [0.3, 0.4) is 0 Å². The smallest absolute Gasteiger partial charge is 0.306 e. The van der Waals surface area contributed by atoms with Crippen molar-refractivity contribution >= 4 is 17.9 Å². The monoisotopic (exact) mass is 1040 g/mol. The number of likely N-dealkylation sites (N-methyl/N-ethyl adjacent to an activating group) is 1. The number of hydrogen-bond acceptors (Lipinski definition) is 8. The topological polar surface area (TPSA) is 111 Å². The molecule has 2 atom stereocenters. The van der Waals surface area contributed by atoms with Gasteiger partial charge in [-0.05, 0) is 103 Å². The molecule has 0 aliphatic heterocycles. The number of allylic oxidation sites excluding steroid dienone is 24. The van der Waals surface area contributed by atoms with Crippen LogP contribution in [0.1, 0.15) is 194 Å². The molecule has 0 aliphatic rings. The number of carbonyl (C=O) groups excluding carboxylic acids is 3. The molecule has 0 heterocycles. The summed E-state index contributed by atoms with van der Waals surface area (Å²) in [5.74, 6) is -2.36. The molecule has 0 aromatic heterocycles. The van der Waals surface area contributed by atoms with E-state index in [2.05, 4.69) is 160 Å². The van der Waals surface area contributed by atoms with Crippen molar-refractivity contribution in [2.75, 3.05) is 47.5 Å². The Kier molecular flexibility index (Phi) is 51.8. The van der Waals surface area contributed by atoms with E-state index >= 15 is 0 Å². The Morgan fingerprint density at radius 2 is 0.760 bits per heavy atom. The van der Waals surface area contributed by atoms with Gasteiger partial charge in [-0.15, -0.1) is 0 Å². The first-order valence-electron chi connectivity index (χ1n) is 29.0. The van der Waals surface area contributed by atoms with E-state index in [1.54, 1.807) is 0 Å². The number of carboxylic acids is 1. The first-order valence-corrected chi connectivity index (χ1v) is 29.0. The summed E-state index contributed by atoms with van der Waals surface area (Å²) in [5, 5.41) is 11.7. The van der Waals surface area contributed by atoms with Crippen molar-refractivity contribution in [3.8, 4) is 0 Å². The molecule has 0 fully saturated rings. The molecule has 0 saturated heterocycles. The molecule has 0 saturated carbocycles. The van der Waals surface area contributed by atoms with Crippen LogP contribution in [0.4, 0.5) is 0 Å². The van der Waals surface area contributed by atoms with Crippen molar-refractivity contribution < 1.29 is 42.9 Å². The zero-order valence-corrected chi connectivity index (χ0v) is 47.9. The number of carboxylic acid groups (broad SMARTS) is 1. The van der Waals surface area contributed by atoms with E-state index in [0.717, 1.165) is 109 Å². The van der Waals surface area contributed by atoms with Crippen molar-refractivity contribution in [1.29, 1.82) is 0 Å². The molecule has 9 heteroatoms. The Morgan fingerprint density at radius 3 is 1.13 bits per heavy atom. The number of carbonyl (C=O) groups is 3. The van der Waals surface area contributed by atoms with E-state index in [4.69, 9.17) is 18.9 Å². The molecule has 0 bridgehead atoms. The lowest BCUT2D eigenvalue weighted by atomic mass is 10.1. The fraction of sp³-hybridized carbons (Fsp3) is 0.591. The summed E-state index contributed by atoms with van der Waals surface area (Å²) in [6, 6.07) is 0. The Bertz CT molecular complexity index is 1730. The first kappa shape index (κ1) is 70.2. The number of aliphatic carboxylic acids is 1. The molecule has 0 spiro atoms. The average Bonchev–Trinajstić information content (AvgIpc) is 3.38. The lowest BCUT2D eigenvalue weighted by Gasteiger charge is -2.26. The third kappa shape index (κ3) is 56.7. The SMILES string of the molecule is CC/C=C\C/C=C\C/C=C\C/C=C\C/C=C\C/C=C\C/C=C\C/C=C\C/C=C\C/C=C\C/C=C\C/C=C\CCCCC(=O)OC(COC(=O)CCCCCCCCCCCCC)COC(OCC[N+](C)(C)C)C(=O)[O-]. The minimum absolute atomic E-state index is 0.132. The fourth-order valence-electron chi connectivity index (χ4n) is 7.16. The standard InChI is InChI=1S/C66H105NO8/c1-6-8-10-12-14-16-18-19-20-21-22-23-24-25-26-27-28-29-30-31-32-33-34-35-36-37-38-39-40-41-42-43-44-45-47-49-51-53-55-57-64(69)75-62(61-74-66(65(70)71)72-59-58-67(3,4)5)60-73-63(68)56-54-52-50-48-46-17-15-13-11-9-7-2/h8,10,14,16,19-20,22-23,25-26,28-29,31-32,34-35,37-38,40-41,43-44,47,49,62,66H,6-7,9,11-13,15,17-18,21,24,27,30,33,36,39,42,45-46,48,50-61H2,1-5H3/b10-8-,16-14-,20-19-,23-22-,26-25-,29-28-,32-31-,35-34-,38-37-,41-40-,44-43-,49-47-. The summed E-state index contributed by atoms with van der Waals surface area (Å²) >= 11 is 0. The summed E-state index contributed by atoms with van der Waals surface area (Å²) in [7, 11) is 5.89. The van der Waals surface area contributed by atoms with Crippen LogP contribution in [-0.2, 0) is 33.3 Å². The number of ether oxygens (including phenoxy) is 4. The zero-order chi connectivity index (χ0) is 54.8. The summed E-state index contributed by atoms with van der Waals surface area (Å²) < 4.78 is 22.5.